The monoisotopic (exact) mass is 295 g/mol. The van der Waals surface area contributed by atoms with Crippen LogP contribution in [0.5, 0.6) is 0 Å². The summed E-state index contributed by atoms with van der Waals surface area (Å²) in [6, 6.07) is 8.18. The van der Waals surface area contributed by atoms with Crippen LogP contribution in [0.3, 0.4) is 0 Å². The minimum Gasteiger partial charge on any atom is -0.339 e. The highest BCUT2D eigenvalue weighted by atomic mass is 79.9. The van der Waals surface area contributed by atoms with Gasteiger partial charge in [-0.25, -0.2) is 9.97 Å². The van der Waals surface area contributed by atoms with Crippen molar-refractivity contribution in [1.82, 2.24) is 9.97 Å². The smallest absolute Gasteiger partial charge is 0.148 e. The number of hydrogen-bond donors (Lipinski definition) is 1. The fourth-order valence-electron chi connectivity index (χ4n) is 1.24. The molecule has 1 aromatic carbocycles. The summed E-state index contributed by atoms with van der Waals surface area (Å²) in [4.78, 5) is 9.29. The van der Waals surface area contributed by atoms with Crippen molar-refractivity contribution in [3.8, 4) is 0 Å². The van der Waals surface area contributed by atoms with Crippen LogP contribution >= 0.6 is 27.7 Å². The molecule has 3 nitrogen and oxygen atoms in total. The summed E-state index contributed by atoms with van der Waals surface area (Å²) in [5, 5.41) is 3.24. The molecule has 0 unspecified atom stereocenters. The second kappa shape index (κ2) is 5.32. The Morgan fingerprint density at radius 1 is 1.38 bits per heavy atom. The summed E-state index contributed by atoms with van der Waals surface area (Å²) in [6.07, 6.45) is 5.29. The number of hydrogen-bond acceptors (Lipinski definition) is 4. The Labute approximate surface area is 107 Å². The largest absolute Gasteiger partial charge is 0.339 e. The zero-order valence-electron chi connectivity index (χ0n) is 8.64. The van der Waals surface area contributed by atoms with Gasteiger partial charge in [-0.1, -0.05) is 6.07 Å². The first-order chi connectivity index (χ1) is 7.79. The molecule has 2 rings (SSSR count). The van der Waals surface area contributed by atoms with Crippen LogP contribution in [0.1, 0.15) is 0 Å². The molecule has 0 atom stereocenters. The molecule has 82 valence electrons. The number of anilines is 2. The van der Waals surface area contributed by atoms with Gasteiger partial charge < -0.3 is 5.32 Å². The van der Waals surface area contributed by atoms with Gasteiger partial charge in [-0.15, -0.1) is 11.8 Å². The maximum Gasteiger partial charge on any atom is 0.148 e. The number of halogens is 1. The Balaban J connectivity index is 2.24. The van der Waals surface area contributed by atoms with Crippen molar-refractivity contribution in [2.45, 2.75) is 4.90 Å². The molecule has 0 aliphatic rings. The maximum atomic E-state index is 4.15. The molecule has 0 bridgehead atoms. The summed E-state index contributed by atoms with van der Waals surface area (Å²) < 4.78 is 0.851. The molecular weight excluding hydrogens is 286 g/mol. The molecule has 0 aliphatic carbocycles. The van der Waals surface area contributed by atoms with Gasteiger partial charge in [0.25, 0.3) is 0 Å². The third-order valence-corrected chi connectivity index (χ3v) is 3.31. The van der Waals surface area contributed by atoms with Gasteiger partial charge in [-0.2, -0.15) is 0 Å². The molecule has 0 amide bonds. The minimum absolute atomic E-state index is 0.772. The second-order valence-corrected chi connectivity index (χ2v) is 4.81. The van der Waals surface area contributed by atoms with Crippen molar-refractivity contribution in [2.75, 3.05) is 11.6 Å². The highest BCUT2D eigenvalue weighted by Gasteiger charge is 2.01. The van der Waals surface area contributed by atoms with Crippen LogP contribution in [0.15, 0.2) is 46.2 Å². The molecule has 0 saturated heterocycles. The summed E-state index contributed by atoms with van der Waals surface area (Å²) in [5.74, 6) is 0.772. The molecule has 1 N–H and O–H groups in total. The van der Waals surface area contributed by atoms with E-state index in [1.807, 2.05) is 12.1 Å². The van der Waals surface area contributed by atoms with Gasteiger partial charge in [-0.3, -0.25) is 0 Å². The van der Waals surface area contributed by atoms with Crippen LogP contribution in [0, 0.1) is 0 Å². The Kier molecular flexibility index (Phi) is 3.79. The Bertz CT molecular complexity index is 490. The third-order valence-electron chi connectivity index (χ3n) is 2.00. The normalized spacial score (nSPS) is 10.1. The fourth-order valence-corrected chi connectivity index (χ4v) is 2.02. The number of thioether (sulfide) groups is 1. The number of aromatic nitrogens is 2. The SMILES string of the molecule is CSc1cccc(Nc2ncncc2Br)c1. The fraction of sp³-hybridized carbons (Fsp3) is 0.0909. The van der Waals surface area contributed by atoms with Gasteiger partial charge >= 0.3 is 0 Å². The van der Waals surface area contributed by atoms with Crippen LogP contribution in [0.2, 0.25) is 0 Å². The zero-order chi connectivity index (χ0) is 11.4. The van der Waals surface area contributed by atoms with Crippen LogP contribution < -0.4 is 5.32 Å². The van der Waals surface area contributed by atoms with Gasteiger partial charge in [0.05, 0.1) is 4.47 Å². The highest BCUT2D eigenvalue weighted by molar-refractivity contribution is 9.10. The molecule has 1 aromatic heterocycles. The van der Waals surface area contributed by atoms with E-state index in [2.05, 4.69) is 49.6 Å². The maximum absolute atomic E-state index is 4.15. The average molecular weight is 296 g/mol. The number of benzene rings is 1. The molecule has 2 aromatic rings. The van der Waals surface area contributed by atoms with Gasteiger partial charge in [-0.05, 0) is 40.4 Å². The lowest BCUT2D eigenvalue weighted by Gasteiger charge is -2.07. The van der Waals surface area contributed by atoms with Crippen LogP contribution in [0.25, 0.3) is 0 Å². The molecule has 16 heavy (non-hydrogen) atoms. The van der Waals surface area contributed by atoms with E-state index in [0.717, 1.165) is 16.0 Å². The van der Waals surface area contributed by atoms with Gasteiger partial charge in [0, 0.05) is 16.8 Å². The number of nitrogens with one attached hydrogen (secondary N) is 1. The summed E-state index contributed by atoms with van der Waals surface area (Å²) in [6.45, 7) is 0. The van der Waals surface area contributed by atoms with E-state index in [-0.39, 0.29) is 0 Å². The predicted octanol–water partition coefficient (Wildman–Crippen LogP) is 3.70. The summed E-state index contributed by atoms with van der Waals surface area (Å²) >= 11 is 5.11. The van der Waals surface area contributed by atoms with E-state index < -0.39 is 0 Å². The van der Waals surface area contributed by atoms with E-state index in [9.17, 15) is 0 Å². The minimum atomic E-state index is 0.772. The quantitative estimate of drug-likeness (QED) is 0.876. The molecular formula is C11H10BrN3S. The van der Waals surface area contributed by atoms with Crippen LogP contribution in [0.4, 0.5) is 11.5 Å². The van der Waals surface area contributed by atoms with E-state index in [1.54, 1.807) is 18.0 Å². The van der Waals surface area contributed by atoms with Gasteiger partial charge in [0.15, 0.2) is 0 Å². The molecule has 0 saturated carbocycles. The molecule has 0 radical (unpaired) electrons. The van der Waals surface area contributed by atoms with Crippen molar-refractivity contribution in [3.05, 3.63) is 41.3 Å². The van der Waals surface area contributed by atoms with Crippen LogP contribution in [-0.2, 0) is 0 Å². The van der Waals surface area contributed by atoms with Crippen molar-refractivity contribution < 1.29 is 0 Å². The second-order valence-electron chi connectivity index (χ2n) is 3.08. The van der Waals surface area contributed by atoms with E-state index in [4.69, 9.17) is 0 Å². The first-order valence-electron chi connectivity index (χ1n) is 4.66. The Morgan fingerprint density at radius 2 is 2.25 bits per heavy atom. The lowest BCUT2D eigenvalue weighted by atomic mass is 10.3. The summed E-state index contributed by atoms with van der Waals surface area (Å²) in [5.41, 5.74) is 1.02. The van der Waals surface area contributed by atoms with E-state index in [1.165, 1.54) is 11.2 Å². The topological polar surface area (TPSA) is 37.8 Å². The predicted molar refractivity (Wildman–Crippen MR) is 71.2 cm³/mol. The Morgan fingerprint density at radius 3 is 3.00 bits per heavy atom. The first-order valence-corrected chi connectivity index (χ1v) is 6.68. The lowest BCUT2D eigenvalue weighted by Crippen LogP contribution is -1.95. The molecule has 0 fully saturated rings. The van der Waals surface area contributed by atoms with Gasteiger partial charge in [0.2, 0.25) is 0 Å². The van der Waals surface area contributed by atoms with Gasteiger partial charge in [0.1, 0.15) is 12.1 Å². The molecule has 1 heterocycles. The molecule has 0 aliphatic heterocycles. The van der Waals surface area contributed by atoms with Crippen LogP contribution in [-0.4, -0.2) is 16.2 Å². The standard InChI is InChI=1S/C11H10BrN3S/c1-16-9-4-2-3-8(5-9)15-11-10(12)6-13-7-14-11/h2-7H,1H3,(H,13,14,15). The zero-order valence-corrected chi connectivity index (χ0v) is 11.0. The number of nitrogens with zero attached hydrogens (tertiary/aromatic N) is 2. The van der Waals surface area contributed by atoms with Crippen molar-refractivity contribution in [2.24, 2.45) is 0 Å². The first kappa shape index (κ1) is 11.4. The van der Waals surface area contributed by atoms with Crippen molar-refractivity contribution >= 4 is 39.2 Å². The van der Waals surface area contributed by atoms with Crippen molar-refractivity contribution in [3.63, 3.8) is 0 Å². The third kappa shape index (κ3) is 2.74. The van der Waals surface area contributed by atoms with E-state index >= 15 is 0 Å². The Hall–Kier alpha value is -1.07. The number of rotatable bonds is 3. The average Bonchev–Trinajstić information content (AvgIpc) is 2.32. The van der Waals surface area contributed by atoms with E-state index in [0.29, 0.717) is 0 Å². The molecule has 0 spiro atoms. The molecule has 5 heteroatoms. The summed E-state index contributed by atoms with van der Waals surface area (Å²) in [7, 11) is 0. The van der Waals surface area contributed by atoms with Crippen molar-refractivity contribution in [1.29, 1.82) is 0 Å². The lowest BCUT2D eigenvalue weighted by molar-refractivity contribution is 1.15. The highest BCUT2D eigenvalue weighted by Crippen LogP contribution is 2.24.